The van der Waals surface area contributed by atoms with Gasteiger partial charge in [0.15, 0.2) is 0 Å². The normalized spacial score (nSPS) is 11.8. The molecule has 0 radical (unpaired) electrons. The predicted molar refractivity (Wildman–Crippen MR) is 58.4 cm³/mol. The molecule has 0 N–H and O–H groups in total. The molecule has 80 valence electrons. The topological polar surface area (TPSA) is 39.2 Å². The van der Waals surface area contributed by atoms with Crippen LogP contribution < -0.4 is 0 Å². The fraction of sp³-hybridized carbons (Fsp3) is 0.333. The highest BCUT2D eigenvalue weighted by atomic mass is 16.5. The maximum absolute atomic E-state index is 10.9. The first kappa shape index (κ1) is 11.4. The first-order chi connectivity index (χ1) is 7.27. The van der Waals surface area contributed by atoms with Crippen LogP contribution in [0.4, 0.5) is 0 Å². The molecule has 0 saturated heterocycles. The van der Waals surface area contributed by atoms with Gasteiger partial charge < -0.3 is 4.74 Å². The molecule has 0 aliphatic carbocycles. The van der Waals surface area contributed by atoms with E-state index in [1.165, 1.54) is 6.08 Å². The number of aromatic nitrogens is 1. The zero-order chi connectivity index (χ0) is 11.1. The molecule has 0 amide bonds. The van der Waals surface area contributed by atoms with Crippen LogP contribution in [-0.2, 0) is 9.53 Å². The Kier molecular flexibility index (Phi) is 4.54. The average molecular weight is 205 g/mol. The number of esters is 1. The SMILES string of the molecule is C=CC(=O)OCC(CC)c1ccccn1. The zero-order valence-electron chi connectivity index (χ0n) is 8.85. The summed E-state index contributed by atoms with van der Waals surface area (Å²) >= 11 is 0. The molecule has 0 fully saturated rings. The minimum Gasteiger partial charge on any atom is -0.462 e. The van der Waals surface area contributed by atoms with Gasteiger partial charge in [-0.3, -0.25) is 4.98 Å². The molecule has 15 heavy (non-hydrogen) atoms. The van der Waals surface area contributed by atoms with Crippen molar-refractivity contribution in [3.05, 3.63) is 42.7 Å². The lowest BCUT2D eigenvalue weighted by Crippen LogP contribution is -2.11. The van der Waals surface area contributed by atoms with E-state index in [-0.39, 0.29) is 11.9 Å². The minimum atomic E-state index is -0.385. The highest BCUT2D eigenvalue weighted by Gasteiger charge is 2.11. The molecule has 3 nitrogen and oxygen atoms in total. The third-order valence-corrected chi connectivity index (χ3v) is 2.19. The second-order valence-corrected chi connectivity index (χ2v) is 3.19. The van der Waals surface area contributed by atoms with Crippen molar-refractivity contribution < 1.29 is 9.53 Å². The van der Waals surface area contributed by atoms with Crippen LogP contribution in [0.2, 0.25) is 0 Å². The van der Waals surface area contributed by atoms with Gasteiger partial charge in [-0.2, -0.15) is 0 Å². The first-order valence-electron chi connectivity index (χ1n) is 4.98. The highest BCUT2D eigenvalue weighted by Crippen LogP contribution is 2.16. The van der Waals surface area contributed by atoms with Gasteiger partial charge in [-0.05, 0) is 18.6 Å². The van der Waals surface area contributed by atoms with E-state index in [0.717, 1.165) is 12.1 Å². The summed E-state index contributed by atoms with van der Waals surface area (Å²) in [4.78, 5) is 15.1. The standard InChI is InChI=1S/C12H15NO2/c1-3-10(9-15-12(14)4-2)11-7-5-6-8-13-11/h4-8,10H,2-3,9H2,1H3. The van der Waals surface area contributed by atoms with Gasteiger partial charge in [0.1, 0.15) is 0 Å². The fourth-order valence-corrected chi connectivity index (χ4v) is 1.27. The van der Waals surface area contributed by atoms with Crippen LogP contribution in [0, 0.1) is 0 Å². The van der Waals surface area contributed by atoms with Crippen LogP contribution in [0.5, 0.6) is 0 Å². The van der Waals surface area contributed by atoms with Crippen molar-refractivity contribution >= 4 is 5.97 Å². The summed E-state index contributed by atoms with van der Waals surface area (Å²) in [5.74, 6) is -0.223. The number of pyridine rings is 1. The molecular weight excluding hydrogens is 190 g/mol. The van der Waals surface area contributed by atoms with Crippen molar-refractivity contribution in [2.24, 2.45) is 0 Å². The molecular formula is C12H15NO2. The van der Waals surface area contributed by atoms with Crippen LogP contribution in [0.25, 0.3) is 0 Å². The van der Waals surface area contributed by atoms with Gasteiger partial charge in [0.2, 0.25) is 0 Å². The third-order valence-electron chi connectivity index (χ3n) is 2.19. The molecule has 0 aliphatic rings. The number of carbonyl (C=O) groups is 1. The fourth-order valence-electron chi connectivity index (χ4n) is 1.27. The Bertz CT molecular complexity index is 322. The summed E-state index contributed by atoms with van der Waals surface area (Å²) in [7, 11) is 0. The lowest BCUT2D eigenvalue weighted by Gasteiger charge is -2.13. The van der Waals surface area contributed by atoms with Crippen LogP contribution in [0.3, 0.4) is 0 Å². The Labute approximate surface area is 89.8 Å². The second-order valence-electron chi connectivity index (χ2n) is 3.19. The van der Waals surface area contributed by atoms with E-state index < -0.39 is 0 Å². The van der Waals surface area contributed by atoms with Gasteiger partial charge in [-0.1, -0.05) is 19.6 Å². The molecule has 1 atom stereocenters. The molecule has 1 aromatic heterocycles. The summed E-state index contributed by atoms with van der Waals surface area (Å²) in [6.07, 6.45) is 3.81. The summed E-state index contributed by atoms with van der Waals surface area (Å²) < 4.78 is 5.00. The van der Waals surface area contributed by atoms with Crippen LogP contribution >= 0.6 is 0 Å². The summed E-state index contributed by atoms with van der Waals surface area (Å²) in [6, 6.07) is 5.74. The average Bonchev–Trinajstić information content (AvgIpc) is 2.31. The quantitative estimate of drug-likeness (QED) is 0.547. The van der Waals surface area contributed by atoms with Crippen LogP contribution in [0.1, 0.15) is 25.0 Å². The Balaban J connectivity index is 2.57. The highest BCUT2D eigenvalue weighted by molar-refractivity contribution is 5.81. The molecule has 0 aromatic carbocycles. The Morgan fingerprint density at radius 1 is 1.67 bits per heavy atom. The maximum atomic E-state index is 10.9. The molecule has 1 aromatic rings. The monoisotopic (exact) mass is 205 g/mol. The number of hydrogen-bond acceptors (Lipinski definition) is 3. The van der Waals surface area contributed by atoms with Crippen molar-refractivity contribution in [3.8, 4) is 0 Å². The molecule has 0 spiro atoms. The lowest BCUT2D eigenvalue weighted by molar-refractivity contribution is -0.138. The van der Waals surface area contributed by atoms with Gasteiger partial charge >= 0.3 is 5.97 Å². The molecule has 1 rings (SSSR count). The van der Waals surface area contributed by atoms with Crippen LogP contribution in [-0.4, -0.2) is 17.6 Å². The molecule has 0 aliphatic heterocycles. The Morgan fingerprint density at radius 3 is 3.00 bits per heavy atom. The number of rotatable bonds is 5. The number of nitrogens with zero attached hydrogens (tertiary/aromatic N) is 1. The summed E-state index contributed by atoms with van der Waals surface area (Å²) in [5, 5.41) is 0. The summed E-state index contributed by atoms with van der Waals surface area (Å²) in [5.41, 5.74) is 0.955. The Morgan fingerprint density at radius 2 is 2.47 bits per heavy atom. The lowest BCUT2D eigenvalue weighted by atomic mass is 10.0. The maximum Gasteiger partial charge on any atom is 0.330 e. The molecule has 3 heteroatoms. The molecule has 1 unspecified atom stereocenters. The van der Waals surface area contributed by atoms with Gasteiger partial charge in [0.25, 0.3) is 0 Å². The van der Waals surface area contributed by atoms with E-state index in [1.807, 2.05) is 25.1 Å². The van der Waals surface area contributed by atoms with Gasteiger partial charge in [-0.15, -0.1) is 0 Å². The predicted octanol–water partition coefficient (Wildman–Crippen LogP) is 2.30. The van der Waals surface area contributed by atoms with Crippen molar-refractivity contribution in [1.82, 2.24) is 4.98 Å². The molecule has 0 saturated carbocycles. The Hall–Kier alpha value is -1.64. The second kappa shape index (κ2) is 5.96. The largest absolute Gasteiger partial charge is 0.462 e. The van der Waals surface area contributed by atoms with Gasteiger partial charge in [0.05, 0.1) is 6.61 Å². The summed E-state index contributed by atoms with van der Waals surface area (Å²) in [6.45, 7) is 5.75. The number of ether oxygens (including phenoxy) is 1. The third kappa shape index (κ3) is 3.54. The van der Waals surface area contributed by atoms with Crippen molar-refractivity contribution in [3.63, 3.8) is 0 Å². The zero-order valence-corrected chi connectivity index (χ0v) is 8.85. The number of hydrogen-bond donors (Lipinski definition) is 0. The van der Waals surface area contributed by atoms with E-state index >= 15 is 0 Å². The van der Waals surface area contributed by atoms with E-state index in [2.05, 4.69) is 11.6 Å². The van der Waals surface area contributed by atoms with Crippen molar-refractivity contribution in [2.75, 3.05) is 6.61 Å². The molecule has 0 bridgehead atoms. The first-order valence-corrected chi connectivity index (χ1v) is 4.98. The van der Waals surface area contributed by atoms with Gasteiger partial charge in [0, 0.05) is 23.9 Å². The van der Waals surface area contributed by atoms with E-state index in [0.29, 0.717) is 6.61 Å². The van der Waals surface area contributed by atoms with E-state index in [1.54, 1.807) is 6.20 Å². The van der Waals surface area contributed by atoms with Crippen molar-refractivity contribution in [2.45, 2.75) is 19.3 Å². The number of carbonyl (C=O) groups excluding carboxylic acids is 1. The van der Waals surface area contributed by atoms with Gasteiger partial charge in [-0.25, -0.2) is 4.79 Å². The minimum absolute atomic E-state index is 0.162. The van der Waals surface area contributed by atoms with Crippen molar-refractivity contribution in [1.29, 1.82) is 0 Å². The van der Waals surface area contributed by atoms with Crippen LogP contribution in [0.15, 0.2) is 37.1 Å². The van der Waals surface area contributed by atoms with E-state index in [9.17, 15) is 4.79 Å². The van der Waals surface area contributed by atoms with E-state index in [4.69, 9.17) is 4.74 Å². The molecule has 1 heterocycles. The smallest absolute Gasteiger partial charge is 0.330 e.